The predicted molar refractivity (Wildman–Crippen MR) is 74.9 cm³/mol. The molecule has 2 N–H and O–H groups in total. The molecule has 0 bridgehead atoms. The molecule has 0 saturated carbocycles. The summed E-state index contributed by atoms with van der Waals surface area (Å²) in [4.78, 5) is 4.20. The van der Waals surface area contributed by atoms with E-state index in [4.69, 9.17) is 16.3 Å². The van der Waals surface area contributed by atoms with Gasteiger partial charge < -0.3 is 15.4 Å². The first-order chi connectivity index (χ1) is 9.69. The van der Waals surface area contributed by atoms with Crippen LogP contribution in [0.3, 0.4) is 0 Å². The van der Waals surface area contributed by atoms with E-state index in [1.54, 1.807) is 7.11 Å². The molecule has 106 valence electrons. The Morgan fingerprint density at radius 2 is 2.25 bits per heavy atom. The molecule has 20 heavy (non-hydrogen) atoms. The monoisotopic (exact) mass is 297 g/mol. The Bertz CT molecular complexity index is 584. The SMILES string of the molecule is COCCNc1cnnc(Nc2ccc(F)c(Cl)c2)n1. The zero-order valence-electron chi connectivity index (χ0n) is 10.7. The number of rotatable bonds is 6. The van der Waals surface area contributed by atoms with Crippen LogP contribution in [-0.2, 0) is 4.74 Å². The van der Waals surface area contributed by atoms with Gasteiger partial charge in [0, 0.05) is 19.3 Å². The second-order valence-corrected chi connectivity index (χ2v) is 4.25. The minimum absolute atomic E-state index is 0.0253. The average molecular weight is 298 g/mol. The summed E-state index contributed by atoms with van der Waals surface area (Å²) < 4.78 is 18.0. The van der Waals surface area contributed by atoms with Gasteiger partial charge >= 0.3 is 0 Å². The first-order valence-electron chi connectivity index (χ1n) is 5.83. The maximum absolute atomic E-state index is 13.0. The van der Waals surface area contributed by atoms with Crippen molar-refractivity contribution in [2.45, 2.75) is 0 Å². The molecule has 1 aromatic heterocycles. The van der Waals surface area contributed by atoms with Crippen molar-refractivity contribution in [3.63, 3.8) is 0 Å². The highest BCUT2D eigenvalue weighted by molar-refractivity contribution is 6.31. The summed E-state index contributed by atoms with van der Waals surface area (Å²) in [6.07, 6.45) is 1.50. The first-order valence-corrected chi connectivity index (χ1v) is 6.21. The Hall–Kier alpha value is -1.99. The molecule has 0 aliphatic heterocycles. The number of nitrogens with one attached hydrogen (secondary N) is 2. The Balaban J connectivity index is 2.05. The van der Waals surface area contributed by atoms with E-state index in [1.165, 1.54) is 24.4 Å². The number of halogens is 2. The minimum Gasteiger partial charge on any atom is -0.383 e. The number of aromatic nitrogens is 3. The molecule has 0 aliphatic carbocycles. The van der Waals surface area contributed by atoms with Crippen LogP contribution in [0.15, 0.2) is 24.4 Å². The van der Waals surface area contributed by atoms with E-state index in [0.717, 1.165) is 0 Å². The van der Waals surface area contributed by atoms with Gasteiger partial charge in [-0.15, -0.1) is 5.10 Å². The van der Waals surface area contributed by atoms with E-state index in [-0.39, 0.29) is 11.0 Å². The van der Waals surface area contributed by atoms with Crippen molar-refractivity contribution in [3.05, 3.63) is 35.2 Å². The van der Waals surface area contributed by atoms with Gasteiger partial charge in [-0.1, -0.05) is 11.6 Å². The molecule has 0 spiro atoms. The Labute approximate surface area is 120 Å². The first kappa shape index (κ1) is 14.4. The molecule has 0 amide bonds. The molecule has 0 aliphatic rings. The van der Waals surface area contributed by atoms with E-state index < -0.39 is 5.82 Å². The van der Waals surface area contributed by atoms with Gasteiger partial charge in [0.1, 0.15) is 5.82 Å². The molecule has 1 heterocycles. The highest BCUT2D eigenvalue weighted by atomic mass is 35.5. The number of hydrogen-bond acceptors (Lipinski definition) is 6. The van der Waals surface area contributed by atoms with E-state index in [1.807, 2.05) is 0 Å². The standard InChI is InChI=1S/C12H13ClFN5O/c1-20-5-4-15-11-7-16-19-12(18-11)17-8-2-3-10(14)9(13)6-8/h2-3,6-7H,4-5H2,1H3,(H2,15,17,18,19). The van der Waals surface area contributed by atoms with Crippen molar-refractivity contribution in [3.8, 4) is 0 Å². The van der Waals surface area contributed by atoms with Crippen LogP contribution in [0, 0.1) is 5.82 Å². The topological polar surface area (TPSA) is 72.0 Å². The molecule has 6 nitrogen and oxygen atoms in total. The summed E-state index contributed by atoms with van der Waals surface area (Å²) in [5.74, 6) is 0.370. The van der Waals surface area contributed by atoms with Crippen molar-refractivity contribution in [1.29, 1.82) is 0 Å². The molecule has 0 radical (unpaired) electrons. The van der Waals surface area contributed by atoms with Crippen LogP contribution in [0.25, 0.3) is 0 Å². The summed E-state index contributed by atoms with van der Waals surface area (Å²) in [5, 5.41) is 13.6. The van der Waals surface area contributed by atoms with Crippen molar-refractivity contribution in [1.82, 2.24) is 15.2 Å². The lowest BCUT2D eigenvalue weighted by Gasteiger charge is -2.07. The van der Waals surface area contributed by atoms with Crippen LogP contribution in [0.5, 0.6) is 0 Å². The van der Waals surface area contributed by atoms with Gasteiger partial charge in [-0.05, 0) is 18.2 Å². The van der Waals surface area contributed by atoms with Gasteiger partial charge in [-0.3, -0.25) is 0 Å². The van der Waals surface area contributed by atoms with Gasteiger partial charge in [0.2, 0.25) is 5.95 Å². The lowest BCUT2D eigenvalue weighted by atomic mass is 10.3. The summed E-state index contributed by atoms with van der Waals surface area (Å²) >= 11 is 5.70. The molecule has 0 unspecified atom stereocenters. The summed E-state index contributed by atoms with van der Waals surface area (Å²) in [5.41, 5.74) is 0.576. The molecular weight excluding hydrogens is 285 g/mol. The molecule has 0 fully saturated rings. The third-order valence-electron chi connectivity index (χ3n) is 2.35. The van der Waals surface area contributed by atoms with Crippen molar-refractivity contribution in [2.75, 3.05) is 30.9 Å². The van der Waals surface area contributed by atoms with Crippen LogP contribution >= 0.6 is 11.6 Å². The van der Waals surface area contributed by atoms with E-state index in [2.05, 4.69) is 25.8 Å². The fraction of sp³-hybridized carbons (Fsp3) is 0.250. The number of benzene rings is 1. The van der Waals surface area contributed by atoms with Gasteiger partial charge in [0.05, 0.1) is 17.8 Å². The lowest BCUT2D eigenvalue weighted by molar-refractivity contribution is 0.210. The summed E-state index contributed by atoms with van der Waals surface area (Å²) in [6.45, 7) is 1.16. The zero-order valence-corrected chi connectivity index (χ0v) is 11.5. The smallest absolute Gasteiger partial charge is 0.249 e. The largest absolute Gasteiger partial charge is 0.383 e. The Kier molecular flexibility index (Phi) is 5.03. The fourth-order valence-corrected chi connectivity index (χ4v) is 1.61. The number of nitrogens with zero attached hydrogens (tertiary/aromatic N) is 3. The number of ether oxygens (including phenoxy) is 1. The second-order valence-electron chi connectivity index (χ2n) is 3.84. The van der Waals surface area contributed by atoms with Gasteiger partial charge in [-0.2, -0.15) is 10.1 Å². The van der Waals surface area contributed by atoms with Crippen LogP contribution < -0.4 is 10.6 Å². The maximum atomic E-state index is 13.0. The molecule has 1 aromatic carbocycles. The third-order valence-corrected chi connectivity index (χ3v) is 2.64. The van der Waals surface area contributed by atoms with Crippen LogP contribution in [0.2, 0.25) is 5.02 Å². The van der Waals surface area contributed by atoms with Gasteiger partial charge in [-0.25, -0.2) is 4.39 Å². The maximum Gasteiger partial charge on any atom is 0.249 e. The van der Waals surface area contributed by atoms with Crippen molar-refractivity contribution < 1.29 is 9.13 Å². The normalized spacial score (nSPS) is 10.3. The Morgan fingerprint density at radius 3 is 3.00 bits per heavy atom. The number of hydrogen-bond donors (Lipinski definition) is 2. The Morgan fingerprint density at radius 1 is 1.40 bits per heavy atom. The molecule has 8 heteroatoms. The highest BCUT2D eigenvalue weighted by Gasteiger charge is 2.04. The number of methoxy groups -OCH3 is 1. The number of anilines is 3. The summed E-state index contributed by atoms with van der Waals surface area (Å²) in [7, 11) is 1.62. The van der Waals surface area contributed by atoms with Crippen LogP contribution in [0.4, 0.5) is 21.8 Å². The lowest BCUT2D eigenvalue weighted by Crippen LogP contribution is -2.10. The van der Waals surface area contributed by atoms with Crippen molar-refractivity contribution in [2.24, 2.45) is 0 Å². The second kappa shape index (κ2) is 6.97. The van der Waals surface area contributed by atoms with Crippen LogP contribution in [0.1, 0.15) is 0 Å². The highest BCUT2D eigenvalue weighted by Crippen LogP contribution is 2.21. The zero-order chi connectivity index (χ0) is 14.4. The summed E-state index contributed by atoms with van der Waals surface area (Å²) in [6, 6.07) is 4.25. The van der Waals surface area contributed by atoms with Crippen LogP contribution in [-0.4, -0.2) is 35.4 Å². The quantitative estimate of drug-likeness (QED) is 0.798. The van der Waals surface area contributed by atoms with Gasteiger partial charge in [0.15, 0.2) is 5.82 Å². The molecule has 0 saturated heterocycles. The third kappa shape index (κ3) is 4.01. The molecular formula is C12H13ClFN5O. The van der Waals surface area contributed by atoms with E-state index >= 15 is 0 Å². The fourth-order valence-electron chi connectivity index (χ4n) is 1.43. The molecule has 2 rings (SSSR count). The van der Waals surface area contributed by atoms with Gasteiger partial charge in [0.25, 0.3) is 0 Å². The minimum atomic E-state index is -0.480. The van der Waals surface area contributed by atoms with Crippen molar-refractivity contribution >= 4 is 29.1 Å². The van der Waals surface area contributed by atoms with E-state index in [0.29, 0.717) is 24.7 Å². The molecule has 2 aromatic rings. The average Bonchev–Trinajstić information content (AvgIpc) is 2.44. The predicted octanol–water partition coefficient (Wildman–Crippen LogP) is 2.47. The van der Waals surface area contributed by atoms with E-state index in [9.17, 15) is 4.39 Å². The molecule has 0 atom stereocenters.